The van der Waals surface area contributed by atoms with Crippen LogP contribution in [0.4, 0.5) is 0 Å². The average molecular weight is 316 g/mol. The fourth-order valence-electron chi connectivity index (χ4n) is 2.68. The van der Waals surface area contributed by atoms with E-state index in [0.29, 0.717) is 0 Å². The maximum atomic E-state index is 10.2. The summed E-state index contributed by atoms with van der Waals surface area (Å²) in [5.41, 5.74) is 0. The molecule has 2 heterocycles. The predicted octanol–water partition coefficient (Wildman–Crippen LogP) is 1.47. The van der Waals surface area contributed by atoms with Crippen LogP contribution < -0.4 is 0 Å². The Morgan fingerprint density at radius 3 is 2.82 bits per heavy atom. The van der Waals surface area contributed by atoms with Crippen LogP contribution in [-0.2, 0) is 23.7 Å². The molecule has 6 heteroatoms. The van der Waals surface area contributed by atoms with Crippen molar-refractivity contribution >= 4 is 0 Å². The zero-order valence-corrected chi connectivity index (χ0v) is 13.5. The first-order chi connectivity index (χ1) is 10.7. The van der Waals surface area contributed by atoms with Crippen LogP contribution in [0.5, 0.6) is 0 Å². The van der Waals surface area contributed by atoms with Crippen LogP contribution in [0.1, 0.15) is 26.2 Å². The lowest BCUT2D eigenvalue weighted by atomic mass is 9.99. The monoisotopic (exact) mass is 316 g/mol. The first-order valence-electron chi connectivity index (χ1n) is 7.97. The molecule has 0 aromatic heterocycles. The third kappa shape index (κ3) is 5.01. The summed E-state index contributed by atoms with van der Waals surface area (Å²) in [6.07, 6.45) is 3.40. The van der Waals surface area contributed by atoms with E-state index in [1.54, 1.807) is 7.11 Å². The molecule has 0 radical (unpaired) electrons. The van der Waals surface area contributed by atoms with Crippen molar-refractivity contribution in [1.29, 1.82) is 0 Å². The smallest absolute Gasteiger partial charge is 0.157 e. The molecule has 2 aliphatic heterocycles. The van der Waals surface area contributed by atoms with E-state index in [1.165, 1.54) is 0 Å². The summed E-state index contributed by atoms with van der Waals surface area (Å²) >= 11 is 0. The maximum absolute atomic E-state index is 10.2. The minimum absolute atomic E-state index is 0.111. The largest absolute Gasteiger partial charge is 0.388 e. The quantitative estimate of drug-likeness (QED) is 0.374. The van der Waals surface area contributed by atoms with Crippen LogP contribution >= 0.6 is 0 Å². The summed E-state index contributed by atoms with van der Waals surface area (Å²) in [6, 6.07) is 0. The number of epoxide rings is 1. The summed E-state index contributed by atoms with van der Waals surface area (Å²) in [4.78, 5) is 0. The molecule has 128 valence electrons. The average Bonchev–Trinajstić information content (AvgIpc) is 3.34. The van der Waals surface area contributed by atoms with Crippen molar-refractivity contribution in [3.8, 4) is 0 Å². The molecule has 2 saturated heterocycles. The molecule has 2 rings (SSSR count). The summed E-state index contributed by atoms with van der Waals surface area (Å²) < 4.78 is 27.3. The first kappa shape index (κ1) is 17.8. The van der Waals surface area contributed by atoms with Crippen LogP contribution in [0.25, 0.3) is 0 Å². The van der Waals surface area contributed by atoms with Gasteiger partial charge in [0.1, 0.15) is 25.1 Å². The van der Waals surface area contributed by atoms with E-state index in [2.05, 4.69) is 6.58 Å². The second kappa shape index (κ2) is 8.96. The van der Waals surface area contributed by atoms with Gasteiger partial charge in [0.25, 0.3) is 0 Å². The molecule has 0 aromatic carbocycles. The molecule has 6 atom stereocenters. The van der Waals surface area contributed by atoms with Crippen molar-refractivity contribution in [3.63, 3.8) is 0 Å². The number of hydrogen-bond acceptors (Lipinski definition) is 6. The number of aliphatic hydroxyl groups excluding tert-OH is 1. The Morgan fingerprint density at radius 1 is 1.36 bits per heavy atom. The number of hydrogen-bond donors (Lipinski definition) is 1. The minimum Gasteiger partial charge on any atom is -0.388 e. The van der Waals surface area contributed by atoms with Crippen molar-refractivity contribution in [2.75, 3.05) is 27.1 Å². The summed E-state index contributed by atoms with van der Waals surface area (Å²) in [7, 11) is 1.58. The molecule has 0 amide bonds. The van der Waals surface area contributed by atoms with Crippen molar-refractivity contribution in [2.24, 2.45) is 5.92 Å². The van der Waals surface area contributed by atoms with Crippen LogP contribution in [-0.4, -0.2) is 62.9 Å². The van der Waals surface area contributed by atoms with Gasteiger partial charge in [-0.25, -0.2) is 0 Å². The van der Waals surface area contributed by atoms with Gasteiger partial charge in [-0.15, -0.1) is 6.58 Å². The Hall–Kier alpha value is -0.500. The van der Waals surface area contributed by atoms with Crippen LogP contribution in [0.3, 0.4) is 0 Å². The molecule has 2 aliphatic rings. The Labute approximate surface area is 132 Å². The Balaban J connectivity index is 1.74. The van der Waals surface area contributed by atoms with E-state index >= 15 is 0 Å². The van der Waals surface area contributed by atoms with Crippen LogP contribution in [0.2, 0.25) is 0 Å². The van der Waals surface area contributed by atoms with Crippen molar-refractivity contribution in [1.82, 2.24) is 0 Å². The van der Waals surface area contributed by atoms with E-state index in [-0.39, 0.29) is 43.9 Å². The molecule has 0 unspecified atom stereocenters. The van der Waals surface area contributed by atoms with Gasteiger partial charge in [0.15, 0.2) is 6.29 Å². The van der Waals surface area contributed by atoms with Gasteiger partial charge in [-0.2, -0.15) is 0 Å². The lowest BCUT2D eigenvalue weighted by Gasteiger charge is -2.24. The van der Waals surface area contributed by atoms with Gasteiger partial charge in [-0.1, -0.05) is 13.0 Å². The Morgan fingerprint density at radius 2 is 2.18 bits per heavy atom. The normalized spacial score (nSPS) is 32.2. The Kier molecular flexibility index (Phi) is 7.27. The predicted molar refractivity (Wildman–Crippen MR) is 80.3 cm³/mol. The molecule has 0 bridgehead atoms. The molecular formula is C16H28O6. The number of aliphatic hydroxyl groups is 1. The zero-order valence-electron chi connectivity index (χ0n) is 13.5. The highest BCUT2D eigenvalue weighted by atomic mass is 16.7. The van der Waals surface area contributed by atoms with Crippen molar-refractivity contribution in [2.45, 2.75) is 56.9 Å². The van der Waals surface area contributed by atoms with Gasteiger partial charge < -0.3 is 28.8 Å². The number of methoxy groups -OCH3 is 1. The first-order valence-corrected chi connectivity index (χ1v) is 7.97. The lowest BCUT2D eigenvalue weighted by Crippen LogP contribution is -2.34. The fourth-order valence-corrected chi connectivity index (χ4v) is 2.68. The van der Waals surface area contributed by atoms with Gasteiger partial charge in [-0.3, -0.25) is 0 Å². The minimum atomic E-state index is -0.679. The van der Waals surface area contributed by atoms with Gasteiger partial charge in [-0.05, 0) is 19.3 Å². The molecule has 6 nitrogen and oxygen atoms in total. The number of ether oxygens (including phenoxy) is 5. The highest BCUT2D eigenvalue weighted by Gasteiger charge is 2.51. The highest BCUT2D eigenvalue weighted by Crippen LogP contribution is 2.34. The van der Waals surface area contributed by atoms with Crippen molar-refractivity contribution in [3.05, 3.63) is 12.7 Å². The third-order valence-electron chi connectivity index (χ3n) is 4.12. The molecule has 0 aromatic rings. The molecule has 0 aliphatic carbocycles. The molecule has 22 heavy (non-hydrogen) atoms. The van der Waals surface area contributed by atoms with Gasteiger partial charge in [0, 0.05) is 19.6 Å². The van der Waals surface area contributed by atoms with Gasteiger partial charge in [0.2, 0.25) is 0 Å². The van der Waals surface area contributed by atoms with Gasteiger partial charge >= 0.3 is 0 Å². The van der Waals surface area contributed by atoms with E-state index in [1.807, 2.05) is 13.0 Å². The summed E-state index contributed by atoms with van der Waals surface area (Å²) in [5, 5.41) is 10.2. The van der Waals surface area contributed by atoms with Crippen LogP contribution in [0, 0.1) is 5.92 Å². The second-order valence-electron chi connectivity index (χ2n) is 5.89. The van der Waals surface area contributed by atoms with Crippen molar-refractivity contribution < 1.29 is 28.8 Å². The van der Waals surface area contributed by atoms with E-state index in [0.717, 1.165) is 25.9 Å². The molecule has 0 spiro atoms. The number of rotatable bonds is 10. The summed E-state index contributed by atoms with van der Waals surface area (Å²) in [5.74, 6) is 0.111. The zero-order chi connectivity index (χ0) is 15.9. The van der Waals surface area contributed by atoms with E-state index < -0.39 is 6.10 Å². The topological polar surface area (TPSA) is 69.7 Å². The SMILES string of the molecule is C=C[C@@H](C)[C@H](OCOC)[C@@H]1O[C@@H]1[C@@H](O)CO[C@@H]1CCCCO1. The maximum Gasteiger partial charge on any atom is 0.157 e. The van der Waals surface area contributed by atoms with Crippen LogP contribution in [0.15, 0.2) is 12.7 Å². The third-order valence-corrected chi connectivity index (χ3v) is 4.12. The second-order valence-corrected chi connectivity index (χ2v) is 5.89. The standard InChI is InChI=1S/C16H28O6/c1-4-11(2)14(21-10-18-3)16-15(22-16)12(17)9-20-13-7-5-6-8-19-13/h4,11-17H,1,5-10H2,2-3H3/t11-,12+,13-,14+,15-,16+/m1/s1. The lowest BCUT2D eigenvalue weighted by molar-refractivity contribution is -0.176. The molecular weight excluding hydrogens is 288 g/mol. The molecule has 0 saturated carbocycles. The molecule has 1 N–H and O–H groups in total. The van der Waals surface area contributed by atoms with Gasteiger partial charge in [0.05, 0.1) is 12.7 Å². The highest BCUT2D eigenvalue weighted by molar-refractivity contribution is 5.00. The Bertz CT molecular complexity index is 331. The molecule has 2 fully saturated rings. The fraction of sp³-hybridized carbons (Fsp3) is 0.875. The van der Waals surface area contributed by atoms with E-state index in [9.17, 15) is 5.11 Å². The summed E-state index contributed by atoms with van der Waals surface area (Å²) in [6.45, 7) is 6.93. The van der Waals surface area contributed by atoms with E-state index in [4.69, 9.17) is 23.7 Å².